The summed E-state index contributed by atoms with van der Waals surface area (Å²) in [5, 5.41) is 5.82. The Morgan fingerprint density at radius 2 is 2.04 bits per heavy atom. The molecule has 3 fully saturated rings. The van der Waals surface area contributed by atoms with E-state index in [9.17, 15) is 14.4 Å². The van der Waals surface area contributed by atoms with E-state index in [2.05, 4.69) is 21.6 Å². The predicted octanol–water partition coefficient (Wildman–Crippen LogP) is 0.241. The molecule has 4 aliphatic rings. The number of amides is 3. The first kappa shape index (κ1) is 16.9. The third-order valence-corrected chi connectivity index (χ3v) is 6.50. The molecular formula is C20H24N4O3. The molecule has 1 aromatic carbocycles. The number of imide groups is 1. The summed E-state index contributed by atoms with van der Waals surface area (Å²) in [5.41, 5.74) is 2.89. The summed E-state index contributed by atoms with van der Waals surface area (Å²) in [4.78, 5) is 40.4. The number of likely N-dealkylation sites (tertiary alicyclic amines) is 1. The van der Waals surface area contributed by atoms with Crippen LogP contribution in [0.1, 0.15) is 40.7 Å². The van der Waals surface area contributed by atoms with Gasteiger partial charge in [0.25, 0.3) is 5.91 Å². The Kier molecular flexibility index (Phi) is 4.02. The summed E-state index contributed by atoms with van der Waals surface area (Å²) in [6.45, 7) is 4.71. The average molecular weight is 368 g/mol. The number of piperidine rings is 2. The number of hydrogen-bond acceptors (Lipinski definition) is 5. The van der Waals surface area contributed by atoms with E-state index in [0.29, 0.717) is 24.6 Å². The van der Waals surface area contributed by atoms with E-state index in [1.807, 2.05) is 12.1 Å². The van der Waals surface area contributed by atoms with Crippen molar-refractivity contribution in [3.05, 3.63) is 34.9 Å². The van der Waals surface area contributed by atoms with Crippen LogP contribution in [0.25, 0.3) is 0 Å². The Balaban J connectivity index is 1.29. The first-order valence-corrected chi connectivity index (χ1v) is 9.81. The maximum atomic E-state index is 12.8. The Bertz CT molecular complexity index is 823. The summed E-state index contributed by atoms with van der Waals surface area (Å²) in [7, 11) is 0. The fourth-order valence-electron chi connectivity index (χ4n) is 4.98. The van der Waals surface area contributed by atoms with Crippen molar-refractivity contribution in [3.63, 3.8) is 0 Å². The van der Waals surface area contributed by atoms with Crippen molar-refractivity contribution in [1.82, 2.24) is 20.4 Å². The molecule has 0 aliphatic carbocycles. The predicted molar refractivity (Wildman–Crippen MR) is 97.7 cm³/mol. The molecule has 3 atom stereocenters. The minimum Gasteiger partial charge on any atom is -0.322 e. The second kappa shape index (κ2) is 6.42. The van der Waals surface area contributed by atoms with Crippen molar-refractivity contribution in [3.8, 4) is 0 Å². The molecule has 2 N–H and O–H groups in total. The lowest BCUT2D eigenvalue weighted by Gasteiger charge is -2.51. The highest BCUT2D eigenvalue weighted by Crippen LogP contribution is 2.33. The Labute approximate surface area is 158 Å². The fourth-order valence-corrected chi connectivity index (χ4v) is 4.98. The van der Waals surface area contributed by atoms with Gasteiger partial charge in [-0.25, -0.2) is 0 Å². The third kappa shape index (κ3) is 2.85. The van der Waals surface area contributed by atoms with Gasteiger partial charge in [-0.3, -0.25) is 24.6 Å². The number of hydrogen-bond donors (Lipinski definition) is 2. The van der Waals surface area contributed by atoms with Gasteiger partial charge in [-0.2, -0.15) is 0 Å². The second-order valence-corrected chi connectivity index (χ2v) is 8.14. The van der Waals surface area contributed by atoms with Gasteiger partial charge in [-0.15, -0.1) is 0 Å². The van der Waals surface area contributed by atoms with E-state index in [4.69, 9.17) is 0 Å². The lowest BCUT2D eigenvalue weighted by atomic mass is 9.83. The SMILES string of the molecule is O=C1CCC(N2Cc3cc(CN4C[C@H]5CCNC[C@H]54)ccc3C2=O)C(=O)N1. The maximum Gasteiger partial charge on any atom is 0.255 e. The molecule has 7 nitrogen and oxygen atoms in total. The molecule has 0 saturated carbocycles. The summed E-state index contributed by atoms with van der Waals surface area (Å²) in [6, 6.07) is 6.14. The number of rotatable bonds is 3. The van der Waals surface area contributed by atoms with Gasteiger partial charge in [-0.05, 0) is 42.5 Å². The van der Waals surface area contributed by atoms with Crippen LogP contribution in [0.3, 0.4) is 0 Å². The fraction of sp³-hybridized carbons (Fsp3) is 0.550. The van der Waals surface area contributed by atoms with E-state index in [-0.39, 0.29) is 24.1 Å². The molecule has 7 heteroatoms. The van der Waals surface area contributed by atoms with Crippen LogP contribution >= 0.6 is 0 Å². The summed E-state index contributed by atoms with van der Waals surface area (Å²) in [5.74, 6) is 0.105. The van der Waals surface area contributed by atoms with Crippen molar-refractivity contribution in [1.29, 1.82) is 0 Å². The van der Waals surface area contributed by atoms with Gasteiger partial charge in [0.2, 0.25) is 11.8 Å². The molecule has 5 rings (SSSR count). The van der Waals surface area contributed by atoms with Crippen LogP contribution in [0, 0.1) is 5.92 Å². The van der Waals surface area contributed by atoms with Gasteiger partial charge in [0.15, 0.2) is 0 Å². The van der Waals surface area contributed by atoms with Crippen LogP contribution in [-0.4, -0.2) is 59.2 Å². The molecule has 1 aromatic rings. The number of nitrogens with one attached hydrogen (secondary N) is 2. The molecule has 4 heterocycles. The number of nitrogens with zero attached hydrogens (tertiary/aromatic N) is 2. The largest absolute Gasteiger partial charge is 0.322 e. The standard InChI is InChI=1S/C20H24N4O3/c25-18-4-3-16(19(26)22-18)24-11-14-7-12(1-2-15(14)20(24)27)9-23-10-13-5-6-21-8-17(13)23/h1-2,7,13,16-17,21H,3-6,8-11H2,(H,22,25,26)/t13-,16?,17-/m1/s1. The molecule has 0 spiro atoms. The first-order valence-electron chi connectivity index (χ1n) is 9.81. The Morgan fingerprint density at radius 3 is 2.85 bits per heavy atom. The van der Waals surface area contributed by atoms with Crippen molar-refractivity contribution in [2.24, 2.45) is 5.92 Å². The molecule has 4 aliphatic heterocycles. The van der Waals surface area contributed by atoms with E-state index in [0.717, 1.165) is 37.7 Å². The van der Waals surface area contributed by atoms with Gasteiger partial charge >= 0.3 is 0 Å². The van der Waals surface area contributed by atoms with E-state index >= 15 is 0 Å². The van der Waals surface area contributed by atoms with Crippen LogP contribution in [-0.2, 0) is 22.7 Å². The summed E-state index contributed by atoms with van der Waals surface area (Å²) < 4.78 is 0. The zero-order valence-electron chi connectivity index (χ0n) is 15.2. The van der Waals surface area contributed by atoms with Crippen molar-refractivity contribution >= 4 is 17.7 Å². The number of carbonyl (C=O) groups excluding carboxylic acids is 3. The monoisotopic (exact) mass is 368 g/mol. The number of benzene rings is 1. The van der Waals surface area contributed by atoms with Crippen molar-refractivity contribution in [2.45, 2.75) is 44.4 Å². The second-order valence-electron chi connectivity index (χ2n) is 8.14. The quantitative estimate of drug-likeness (QED) is 0.747. The highest BCUT2D eigenvalue weighted by Gasteiger charge is 2.41. The first-order chi connectivity index (χ1) is 13.1. The zero-order chi connectivity index (χ0) is 18.5. The lowest BCUT2D eigenvalue weighted by Crippen LogP contribution is -2.62. The van der Waals surface area contributed by atoms with Crippen LogP contribution in [0.4, 0.5) is 0 Å². The molecule has 0 bridgehead atoms. The normalized spacial score (nSPS) is 30.6. The molecule has 3 saturated heterocycles. The molecule has 3 amide bonds. The zero-order valence-corrected chi connectivity index (χ0v) is 15.2. The molecule has 142 valence electrons. The number of fused-ring (bicyclic) bond motifs is 2. The highest BCUT2D eigenvalue weighted by molar-refractivity contribution is 6.05. The topological polar surface area (TPSA) is 81.8 Å². The van der Waals surface area contributed by atoms with Gasteiger partial charge in [0, 0.05) is 44.2 Å². The van der Waals surface area contributed by atoms with E-state index in [1.165, 1.54) is 12.0 Å². The van der Waals surface area contributed by atoms with Gasteiger partial charge in [0.05, 0.1) is 0 Å². The molecular weight excluding hydrogens is 344 g/mol. The van der Waals surface area contributed by atoms with Gasteiger partial charge in [0.1, 0.15) is 6.04 Å². The Hall–Kier alpha value is -2.25. The van der Waals surface area contributed by atoms with E-state index in [1.54, 1.807) is 4.90 Å². The van der Waals surface area contributed by atoms with Crippen molar-refractivity contribution in [2.75, 3.05) is 19.6 Å². The minimum absolute atomic E-state index is 0.105. The summed E-state index contributed by atoms with van der Waals surface area (Å²) >= 11 is 0. The average Bonchev–Trinajstić information content (AvgIpc) is 2.96. The highest BCUT2D eigenvalue weighted by atomic mass is 16.2. The molecule has 27 heavy (non-hydrogen) atoms. The van der Waals surface area contributed by atoms with Crippen LogP contribution in [0.2, 0.25) is 0 Å². The van der Waals surface area contributed by atoms with Gasteiger partial charge < -0.3 is 10.2 Å². The van der Waals surface area contributed by atoms with Crippen LogP contribution in [0.5, 0.6) is 0 Å². The third-order valence-electron chi connectivity index (χ3n) is 6.50. The smallest absolute Gasteiger partial charge is 0.255 e. The molecule has 1 unspecified atom stereocenters. The number of carbonyl (C=O) groups is 3. The van der Waals surface area contributed by atoms with Crippen molar-refractivity contribution < 1.29 is 14.4 Å². The molecule has 0 aromatic heterocycles. The Morgan fingerprint density at radius 1 is 1.15 bits per heavy atom. The van der Waals surface area contributed by atoms with Crippen LogP contribution < -0.4 is 10.6 Å². The minimum atomic E-state index is -0.546. The molecule has 0 radical (unpaired) electrons. The maximum absolute atomic E-state index is 12.8. The van der Waals surface area contributed by atoms with Gasteiger partial charge in [-0.1, -0.05) is 12.1 Å². The summed E-state index contributed by atoms with van der Waals surface area (Å²) in [6.07, 6.45) is 1.95. The lowest BCUT2D eigenvalue weighted by molar-refractivity contribution is -0.136. The van der Waals surface area contributed by atoms with Crippen LogP contribution in [0.15, 0.2) is 18.2 Å². The van der Waals surface area contributed by atoms with E-state index < -0.39 is 6.04 Å².